The molecule has 18 heavy (non-hydrogen) atoms. The highest BCUT2D eigenvalue weighted by Crippen LogP contribution is 2.31. The van der Waals surface area contributed by atoms with E-state index in [0.717, 1.165) is 23.4 Å². The number of fused-ring (bicyclic) bond motifs is 1. The number of nitrogens with zero attached hydrogens (tertiary/aromatic N) is 2. The lowest BCUT2D eigenvalue weighted by Gasteiger charge is -2.24. The first-order valence-corrected chi connectivity index (χ1v) is 7.53. The summed E-state index contributed by atoms with van der Waals surface area (Å²) in [6.07, 6.45) is 3.49. The van der Waals surface area contributed by atoms with E-state index in [2.05, 4.69) is 43.7 Å². The van der Waals surface area contributed by atoms with Gasteiger partial charge >= 0.3 is 0 Å². The summed E-state index contributed by atoms with van der Waals surface area (Å²) >= 11 is 8.23. The van der Waals surface area contributed by atoms with Gasteiger partial charge in [0.15, 0.2) is 0 Å². The van der Waals surface area contributed by atoms with Crippen molar-refractivity contribution in [1.29, 1.82) is 0 Å². The quantitative estimate of drug-likeness (QED) is 0.777. The second-order valence-corrected chi connectivity index (χ2v) is 7.29. The Morgan fingerprint density at radius 1 is 1.33 bits per heavy atom. The average Bonchev–Trinajstić information content (AvgIpc) is 2.71. The number of aromatic nitrogens is 2. The molecule has 2 heterocycles. The highest BCUT2D eigenvalue weighted by atomic mass is 35.5. The second-order valence-electron chi connectivity index (χ2n) is 5.64. The summed E-state index contributed by atoms with van der Waals surface area (Å²) in [6.45, 7) is 8.65. The third-order valence-corrected chi connectivity index (χ3v) is 5.12. The van der Waals surface area contributed by atoms with Gasteiger partial charge in [-0.05, 0) is 17.9 Å². The summed E-state index contributed by atoms with van der Waals surface area (Å²) in [5, 5.41) is 1.26. The third kappa shape index (κ3) is 2.83. The zero-order valence-corrected chi connectivity index (χ0v) is 12.9. The first-order chi connectivity index (χ1) is 8.41. The Bertz CT molecular complexity index is 542. The van der Waals surface area contributed by atoms with Crippen molar-refractivity contribution in [3.05, 3.63) is 23.0 Å². The van der Waals surface area contributed by atoms with Crippen LogP contribution in [0.25, 0.3) is 10.2 Å². The molecular weight excluding hydrogens is 264 g/mol. The average molecular weight is 283 g/mol. The zero-order valence-electron chi connectivity index (χ0n) is 11.3. The molecule has 98 valence electrons. The van der Waals surface area contributed by atoms with E-state index in [9.17, 15) is 0 Å². The maximum absolute atomic E-state index is 6.48. The Morgan fingerprint density at radius 3 is 2.67 bits per heavy atom. The molecule has 2 aromatic heterocycles. The lowest BCUT2D eigenvalue weighted by atomic mass is 9.89. The summed E-state index contributed by atoms with van der Waals surface area (Å²) < 4.78 is 0. The van der Waals surface area contributed by atoms with Crippen LogP contribution < -0.4 is 0 Å². The van der Waals surface area contributed by atoms with Gasteiger partial charge in [-0.3, -0.25) is 0 Å². The van der Waals surface area contributed by atoms with E-state index in [1.807, 2.05) is 0 Å². The molecule has 0 aliphatic rings. The molecule has 1 atom stereocenters. The lowest BCUT2D eigenvalue weighted by molar-refractivity contribution is 0.385. The second kappa shape index (κ2) is 5.14. The van der Waals surface area contributed by atoms with E-state index < -0.39 is 0 Å². The predicted octanol–water partition coefficient (Wildman–Crippen LogP) is 4.45. The van der Waals surface area contributed by atoms with Crippen LogP contribution in [-0.2, 0) is 12.8 Å². The highest BCUT2D eigenvalue weighted by Gasteiger charge is 2.24. The summed E-state index contributed by atoms with van der Waals surface area (Å²) in [7, 11) is 0. The van der Waals surface area contributed by atoms with Gasteiger partial charge in [-0.15, -0.1) is 22.9 Å². The van der Waals surface area contributed by atoms with Gasteiger partial charge in [-0.25, -0.2) is 9.97 Å². The maximum atomic E-state index is 6.48. The standard InChI is InChI=1S/C14H19ClN2S/c1-5-9-6-10-11(7-12(15)14(2,3)4)16-8-17-13(10)18-9/h6,8,12H,5,7H2,1-4H3. The molecule has 0 radical (unpaired) electrons. The van der Waals surface area contributed by atoms with Gasteiger partial charge in [-0.2, -0.15) is 0 Å². The molecule has 0 saturated carbocycles. The molecule has 2 aromatic rings. The highest BCUT2D eigenvalue weighted by molar-refractivity contribution is 7.18. The molecule has 2 rings (SSSR count). The minimum absolute atomic E-state index is 0.0839. The number of aryl methyl sites for hydroxylation is 1. The Balaban J connectivity index is 2.36. The van der Waals surface area contributed by atoms with Crippen molar-refractivity contribution >= 4 is 33.2 Å². The molecule has 0 aromatic carbocycles. The fourth-order valence-electron chi connectivity index (χ4n) is 1.77. The van der Waals surface area contributed by atoms with E-state index >= 15 is 0 Å². The zero-order chi connectivity index (χ0) is 13.3. The van der Waals surface area contributed by atoms with Crippen LogP contribution in [0.1, 0.15) is 38.3 Å². The van der Waals surface area contributed by atoms with Gasteiger partial charge in [0.2, 0.25) is 0 Å². The molecule has 0 bridgehead atoms. The topological polar surface area (TPSA) is 25.8 Å². The Hall–Kier alpha value is -0.670. The minimum atomic E-state index is 0.0839. The smallest absolute Gasteiger partial charge is 0.127 e. The molecule has 2 nitrogen and oxygen atoms in total. The molecule has 0 N–H and O–H groups in total. The minimum Gasteiger partial charge on any atom is -0.241 e. The van der Waals surface area contributed by atoms with Gasteiger partial charge in [0.05, 0.1) is 5.69 Å². The number of thiophene rings is 1. The van der Waals surface area contributed by atoms with E-state index in [1.54, 1.807) is 17.7 Å². The Labute approximate surface area is 117 Å². The molecule has 0 fully saturated rings. The van der Waals surface area contributed by atoms with Crippen molar-refractivity contribution in [3.63, 3.8) is 0 Å². The molecule has 1 unspecified atom stereocenters. The molecule has 0 aliphatic heterocycles. The van der Waals surface area contributed by atoms with Crippen LogP contribution in [0.5, 0.6) is 0 Å². The number of rotatable bonds is 3. The van der Waals surface area contributed by atoms with Crippen LogP contribution in [0.15, 0.2) is 12.4 Å². The fraction of sp³-hybridized carbons (Fsp3) is 0.571. The summed E-state index contributed by atoms with van der Waals surface area (Å²) in [6, 6.07) is 2.21. The van der Waals surface area contributed by atoms with Crippen LogP contribution in [0.3, 0.4) is 0 Å². The summed E-state index contributed by atoms with van der Waals surface area (Å²) in [4.78, 5) is 11.2. The van der Waals surface area contributed by atoms with Crippen molar-refractivity contribution in [1.82, 2.24) is 9.97 Å². The molecule has 0 spiro atoms. The van der Waals surface area contributed by atoms with Gasteiger partial charge in [0.25, 0.3) is 0 Å². The molecule has 4 heteroatoms. The first kappa shape index (κ1) is 13.8. The van der Waals surface area contributed by atoms with Crippen molar-refractivity contribution in [2.45, 2.75) is 45.9 Å². The maximum Gasteiger partial charge on any atom is 0.127 e. The normalized spacial score (nSPS) is 14.1. The van der Waals surface area contributed by atoms with Crippen LogP contribution in [-0.4, -0.2) is 15.3 Å². The van der Waals surface area contributed by atoms with Crippen LogP contribution in [0, 0.1) is 5.41 Å². The molecule has 0 amide bonds. The number of alkyl halides is 1. The SMILES string of the molecule is CCc1cc2c(CC(Cl)C(C)(C)C)ncnc2s1. The van der Waals surface area contributed by atoms with Crippen LogP contribution >= 0.6 is 22.9 Å². The lowest BCUT2D eigenvalue weighted by Crippen LogP contribution is -2.23. The first-order valence-electron chi connectivity index (χ1n) is 6.28. The van der Waals surface area contributed by atoms with Crippen LogP contribution in [0.4, 0.5) is 0 Å². The summed E-state index contributed by atoms with van der Waals surface area (Å²) in [5.74, 6) is 0. The van der Waals surface area contributed by atoms with Gasteiger partial charge in [-0.1, -0.05) is 27.7 Å². The van der Waals surface area contributed by atoms with Gasteiger partial charge < -0.3 is 0 Å². The summed E-state index contributed by atoms with van der Waals surface area (Å²) in [5.41, 5.74) is 1.16. The Morgan fingerprint density at radius 2 is 2.06 bits per heavy atom. The Kier molecular flexibility index (Phi) is 3.93. The van der Waals surface area contributed by atoms with Gasteiger partial charge in [0.1, 0.15) is 11.2 Å². The van der Waals surface area contributed by atoms with E-state index in [4.69, 9.17) is 11.6 Å². The van der Waals surface area contributed by atoms with E-state index in [-0.39, 0.29) is 10.8 Å². The molecule has 0 saturated heterocycles. The molecular formula is C14H19ClN2S. The van der Waals surface area contributed by atoms with Crippen molar-refractivity contribution in [2.75, 3.05) is 0 Å². The number of halogens is 1. The number of hydrogen-bond acceptors (Lipinski definition) is 3. The van der Waals surface area contributed by atoms with Gasteiger partial charge in [0, 0.05) is 22.1 Å². The monoisotopic (exact) mass is 282 g/mol. The van der Waals surface area contributed by atoms with Crippen LogP contribution in [0.2, 0.25) is 0 Å². The van der Waals surface area contributed by atoms with E-state index in [1.165, 1.54) is 10.3 Å². The fourth-order valence-corrected chi connectivity index (χ4v) is 2.87. The van der Waals surface area contributed by atoms with Crippen molar-refractivity contribution in [2.24, 2.45) is 5.41 Å². The largest absolute Gasteiger partial charge is 0.241 e. The predicted molar refractivity (Wildman–Crippen MR) is 79.6 cm³/mol. The van der Waals surface area contributed by atoms with E-state index in [0.29, 0.717) is 0 Å². The van der Waals surface area contributed by atoms with Crippen molar-refractivity contribution in [3.8, 4) is 0 Å². The molecule has 0 aliphatic carbocycles. The van der Waals surface area contributed by atoms with Crippen molar-refractivity contribution < 1.29 is 0 Å². The number of hydrogen-bond donors (Lipinski definition) is 0. The third-order valence-electron chi connectivity index (χ3n) is 3.12.